The molecule has 7 heteroatoms. The van der Waals surface area contributed by atoms with E-state index in [0.717, 1.165) is 11.9 Å². The van der Waals surface area contributed by atoms with Gasteiger partial charge in [0.05, 0.1) is 11.8 Å². The van der Waals surface area contributed by atoms with Crippen LogP contribution < -0.4 is 10.0 Å². The Bertz CT molecular complexity index is 836. The fraction of sp³-hybridized carbons (Fsp3) is 0.0714. The average molecular weight is 303 g/mol. The molecule has 1 aliphatic rings. The Morgan fingerprint density at radius 1 is 1.24 bits per heavy atom. The van der Waals surface area contributed by atoms with Gasteiger partial charge < -0.3 is 10.3 Å². The number of aromatic amines is 1. The standard InChI is InChI=1S/C14H13N3O3S/c1-21(19,20)17-10-4-5-13-11(8-10)12(14(18)16-13)7-9-3-2-6-15-9/h2-8,15,17H,1H3,(H,16,18). The molecular formula is C14H13N3O3S. The molecule has 0 bridgehead atoms. The van der Waals surface area contributed by atoms with E-state index < -0.39 is 10.0 Å². The van der Waals surface area contributed by atoms with E-state index in [9.17, 15) is 13.2 Å². The Labute approximate surface area is 121 Å². The topological polar surface area (TPSA) is 91.1 Å². The summed E-state index contributed by atoms with van der Waals surface area (Å²) in [4.78, 5) is 15.0. The molecule has 0 unspecified atom stereocenters. The lowest BCUT2D eigenvalue weighted by Gasteiger charge is -2.06. The molecule has 0 radical (unpaired) electrons. The quantitative estimate of drug-likeness (QED) is 0.756. The summed E-state index contributed by atoms with van der Waals surface area (Å²) < 4.78 is 25.0. The molecule has 3 N–H and O–H groups in total. The van der Waals surface area contributed by atoms with Crippen molar-refractivity contribution in [3.63, 3.8) is 0 Å². The van der Waals surface area contributed by atoms with Crippen LogP contribution in [0.25, 0.3) is 11.6 Å². The van der Waals surface area contributed by atoms with Gasteiger partial charge in [-0.05, 0) is 36.4 Å². The average Bonchev–Trinajstić information content (AvgIpc) is 2.98. The molecule has 0 aliphatic carbocycles. The van der Waals surface area contributed by atoms with E-state index in [4.69, 9.17) is 0 Å². The summed E-state index contributed by atoms with van der Waals surface area (Å²) in [6.07, 6.45) is 4.58. The zero-order valence-electron chi connectivity index (χ0n) is 11.2. The number of fused-ring (bicyclic) bond motifs is 1. The third-order valence-electron chi connectivity index (χ3n) is 3.03. The second-order valence-corrected chi connectivity index (χ2v) is 6.52. The van der Waals surface area contributed by atoms with Crippen molar-refractivity contribution in [2.24, 2.45) is 0 Å². The highest BCUT2D eigenvalue weighted by Crippen LogP contribution is 2.35. The van der Waals surface area contributed by atoms with Crippen LogP contribution in [-0.2, 0) is 14.8 Å². The van der Waals surface area contributed by atoms with Crippen LogP contribution in [-0.4, -0.2) is 25.6 Å². The monoisotopic (exact) mass is 303 g/mol. The van der Waals surface area contributed by atoms with Gasteiger partial charge in [-0.1, -0.05) is 0 Å². The van der Waals surface area contributed by atoms with Gasteiger partial charge in [-0.25, -0.2) is 8.42 Å². The van der Waals surface area contributed by atoms with Crippen LogP contribution in [0.3, 0.4) is 0 Å². The number of amides is 1. The second-order valence-electron chi connectivity index (χ2n) is 4.77. The Kier molecular flexibility index (Phi) is 3.06. The number of carbonyl (C=O) groups is 1. The first kappa shape index (κ1) is 13.4. The van der Waals surface area contributed by atoms with E-state index in [-0.39, 0.29) is 5.91 Å². The minimum Gasteiger partial charge on any atom is -0.362 e. The predicted octanol–water partition coefficient (Wildman–Crippen LogP) is 1.88. The highest BCUT2D eigenvalue weighted by atomic mass is 32.2. The molecule has 0 spiro atoms. The van der Waals surface area contributed by atoms with Gasteiger partial charge >= 0.3 is 0 Å². The molecule has 0 saturated carbocycles. The molecular weight excluding hydrogens is 290 g/mol. The van der Waals surface area contributed by atoms with Gasteiger partial charge in [0.1, 0.15) is 0 Å². The van der Waals surface area contributed by atoms with E-state index in [1.807, 2.05) is 12.1 Å². The smallest absolute Gasteiger partial charge is 0.256 e. The Balaban J connectivity index is 2.05. The van der Waals surface area contributed by atoms with Gasteiger partial charge in [-0.3, -0.25) is 9.52 Å². The number of sulfonamides is 1. The largest absolute Gasteiger partial charge is 0.362 e. The van der Waals surface area contributed by atoms with Crippen molar-refractivity contribution < 1.29 is 13.2 Å². The van der Waals surface area contributed by atoms with E-state index >= 15 is 0 Å². The number of benzene rings is 1. The second kappa shape index (κ2) is 4.78. The van der Waals surface area contributed by atoms with Crippen LogP contribution in [0.1, 0.15) is 11.3 Å². The van der Waals surface area contributed by atoms with Gasteiger partial charge in [0, 0.05) is 28.8 Å². The van der Waals surface area contributed by atoms with Crippen molar-refractivity contribution in [2.45, 2.75) is 0 Å². The summed E-state index contributed by atoms with van der Waals surface area (Å²) in [5.74, 6) is -0.212. The first-order valence-electron chi connectivity index (χ1n) is 6.21. The minimum absolute atomic E-state index is 0.212. The minimum atomic E-state index is -3.36. The van der Waals surface area contributed by atoms with Gasteiger partial charge in [0.25, 0.3) is 5.91 Å². The van der Waals surface area contributed by atoms with Gasteiger partial charge in [0.15, 0.2) is 0 Å². The molecule has 6 nitrogen and oxygen atoms in total. The maximum Gasteiger partial charge on any atom is 0.256 e. The Hall–Kier alpha value is -2.54. The van der Waals surface area contributed by atoms with Gasteiger partial charge in [-0.15, -0.1) is 0 Å². The fourth-order valence-electron chi connectivity index (χ4n) is 2.20. The normalized spacial score (nSPS) is 15.9. The molecule has 0 saturated heterocycles. The molecule has 1 aromatic heterocycles. The van der Waals surface area contributed by atoms with Gasteiger partial charge in [-0.2, -0.15) is 0 Å². The molecule has 2 heterocycles. The number of carbonyl (C=O) groups excluding carboxylic acids is 1. The molecule has 1 aromatic carbocycles. The van der Waals surface area contributed by atoms with E-state index in [2.05, 4.69) is 15.0 Å². The number of aromatic nitrogens is 1. The van der Waals surface area contributed by atoms with Crippen molar-refractivity contribution in [2.75, 3.05) is 16.3 Å². The number of rotatable bonds is 3. The molecule has 3 rings (SSSR count). The molecule has 1 aliphatic heterocycles. The zero-order valence-corrected chi connectivity index (χ0v) is 12.0. The SMILES string of the molecule is CS(=O)(=O)Nc1ccc2c(c1)C(=Cc1ccc[nH]1)C(=O)N2. The number of H-pyrrole nitrogens is 1. The summed E-state index contributed by atoms with van der Waals surface area (Å²) >= 11 is 0. The zero-order chi connectivity index (χ0) is 15.0. The van der Waals surface area contributed by atoms with Crippen molar-refractivity contribution in [3.05, 3.63) is 47.8 Å². The number of hydrogen-bond donors (Lipinski definition) is 3. The van der Waals surface area contributed by atoms with Crippen molar-refractivity contribution in [3.8, 4) is 0 Å². The highest BCUT2D eigenvalue weighted by Gasteiger charge is 2.24. The maximum atomic E-state index is 12.0. The lowest BCUT2D eigenvalue weighted by atomic mass is 10.1. The third-order valence-corrected chi connectivity index (χ3v) is 3.63. The van der Waals surface area contributed by atoms with Crippen LogP contribution in [0.15, 0.2) is 36.5 Å². The van der Waals surface area contributed by atoms with Gasteiger partial charge in [0.2, 0.25) is 10.0 Å². The third kappa shape index (κ3) is 2.82. The Morgan fingerprint density at radius 3 is 2.71 bits per heavy atom. The highest BCUT2D eigenvalue weighted by molar-refractivity contribution is 7.92. The number of nitrogens with one attached hydrogen (secondary N) is 3. The van der Waals surface area contributed by atoms with Crippen molar-refractivity contribution >= 4 is 39.0 Å². The Morgan fingerprint density at radius 2 is 2.05 bits per heavy atom. The molecule has 1 amide bonds. The summed E-state index contributed by atoms with van der Waals surface area (Å²) in [7, 11) is -3.36. The molecule has 0 atom stereocenters. The van der Waals surface area contributed by atoms with E-state index in [0.29, 0.717) is 22.5 Å². The molecule has 2 aromatic rings. The fourth-order valence-corrected chi connectivity index (χ4v) is 2.75. The maximum absolute atomic E-state index is 12.0. The van der Waals surface area contributed by atoms with Crippen LogP contribution in [0.2, 0.25) is 0 Å². The van der Waals surface area contributed by atoms with Crippen molar-refractivity contribution in [1.82, 2.24) is 4.98 Å². The summed E-state index contributed by atoms with van der Waals surface area (Å²) in [6, 6.07) is 8.61. The number of anilines is 2. The molecule has 21 heavy (non-hydrogen) atoms. The van der Waals surface area contributed by atoms with Crippen LogP contribution in [0.4, 0.5) is 11.4 Å². The van der Waals surface area contributed by atoms with Crippen LogP contribution in [0, 0.1) is 0 Å². The van der Waals surface area contributed by atoms with Crippen LogP contribution >= 0.6 is 0 Å². The lowest BCUT2D eigenvalue weighted by Crippen LogP contribution is -2.09. The van der Waals surface area contributed by atoms with E-state index in [1.165, 1.54) is 0 Å². The summed E-state index contributed by atoms with van der Waals surface area (Å²) in [6.45, 7) is 0. The first-order chi connectivity index (χ1) is 9.92. The number of hydrogen-bond acceptors (Lipinski definition) is 3. The summed E-state index contributed by atoms with van der Waals surface area (Å²) in [5, 5.41) is 2.75. The summed E-state index contributed by atoms with van der Waals surface area (Å²) in [5.41, 5.74) is 3.05. The first-order valence-corrected chi connectivity index (χ1v) is 8.10. The van der Waals surface area contributed by atoms with Crippen molar-refractivity contribution in [1.29, 1.82) is 0 Å². The molecule has 0 fully saturated rings. The predicted molar refractivity (Wildman–Crippen MR) is 82.2 cm³/mol. The van der Waals surface area contributed by atoms with Crippen LogP contribution in [0.5, 0.6) is 0 Å². The van der Waals surface area contributed by atoms with E-state index in [1.54, 1.807) is 30.5 Å². The molecule has 108 valence electrons. The lowest BCUT2D eigenvalue weighted by molar-refractivity contribution is -0.110.